The fourth-order valence-electron chi connectivity index (χ4n) is 2.21. The van der Waals surface area contributed by atoms with Crippen LogP contribution in [0.5, 0.6) is 0 Å². The summed E-state index contributed by atoms with van der Waals surface area (Å²) in [4.78, 5) is 8.34. The Kier molecular flexibility index (Phi) is 4.26. The molecule has 3 aromatic rings. The zero-order valence-electron chi connectivity index (χ0n) is 11.3. The lowest BCUT2D eigenvalue weighted by molar-refractivity contribution is 0.920. The molecule has 1 N–H and O–H groups in total. The molecule has 3 rings (SSSR count). The zero-order valence-corrected chi connectivity index (χ0v) is 12.9. The van der Waals surface area contributed by atoms with E-state index in [1.807, 2.05) is 42.5 Å². The van der Waals surface area contributed by atoms with Crippen LogP contribution in [-0.2, 0) is 0 Å². The van der Waals surface area contributed by atoms with Crippen molar-refractivity contribution in [1.82, 2.24) is 9.97 Å². The highest BCUT2D eigenvalue weighted by atomic mass is 79.9. The molecule has 1 heterocycles. The number of aromatic nitrogens is 2. The molecule has 0 radical (unpaired) electrons. The van der Waals surface area contributed by atoms with Gasteiger partial charge in [0.25, 0.3) is 0 Å². The standard InChI is InChI=1S/C17H14BrN3/c18-15-11-16(20-12-19-15)21-17(13-7-3-1-4-8-13)14-9-5-2-6-10-14/h1-12,17H,(H,19,20,21). The van der Waals surface area contributed by atoms with Crippen molar-refractivity contribution in [3.63, 3.8) is 0 Å². The first-order valence-electron chi connectivity index (χ1n) is 6.67. The maximum absolute atomic E-state index is 4.28. The van der Waals surface area contributed by atoms with Gasteiger partial charge in [-0.1, -0.05) is 60.7 Å². The van der Waals surface area contributed by atoms with Gasteiger partial charge in [0.2, 0.25) is 0 Å². The summed E-state index contributed by atoms with van der Waals surface area (Å²) in [5, 5.41) is 3.47. The molecule has 0 aliphatic heterocycles. The molecule has 0 bridgehead atoms. The Bertz CT molecular complexity index is 662. The minimum Gasteiger partial charge on any atom is -0.359 e. The van der Waals surface area contributed by atoms with Gasteiger partial charge in [-0.3, -0.25) is 0 Å². The normalized spacial score (nSPS) is 10.6. The molecule has 0 aliphatic carbocycles. The molecule has 0 unspecified atom stereocenters. The van der Waals surface area contributed by atoms with Crippen LogP contribution < -0.4 is 5.32 Å². The largest absolute Gasteiger partial charge is 0.359 e. The number of rotatable bonds is 4. The van der Waals surface area contributed by atoms with Crippen LogP contribution in [0, 0.1) is 0 Å². The smallest absolute Gasteiger partial charge is 0.131 e. The number of halogens is 1. The molecule has 0 aliphatic rings. The molecule has 1 aromatic heterocycles. The number of benzene rings is 2. The minimum atomic E-state index is 0.0502. The van der Waals surface area contributed by atoms with Crippen LogP contribution in [-0.4, -0.2) is 9.97 Å². The van der Waals surface area contributed by atoms with E-state index in [0.717, 1.165) is 10.4 Å². The molecule has 0 saturated heterocycles. The third-order valence-electron chi connectivity index (χ3n) is 3.19. The number of nitrogens with one attached hydrogen (secondary N) is 1. The Labute approximate surface area is 132 Å². The maximum atomic E-state index is 4.28. The van der Waals surface area contributed by atoms with Crippen molar-refractivity contribution in [3.8, 4) is 0 Å². The van der Waals surface area contributed by atoms with E-state index in [4.69, 9.17) is 0 Å². The van der Waals surface area contributed by atoms with Gasteiger partial charge < -0.3 is 5.32 Å². The number of anilines is 1. The minimum absolute atomic E-state index is 0.0502. The highest BCUT2D eigenvalue weighted by Crippen LogP contribution is 2.26. The van der Waals surface area contributed by atoms with Crippen LogP contribution in [0.2, 0.25) is 0 Å². The number of hydrogen-bond donors (Lipinski definition) is 1. The van der Waals surface area contributed by atoms with Gasteiger partial charge in [-0.25, -0.2) is 9.97 Å². The summed E-state index contributed by atoms with van der Waals surface area (Å²) < 4.78 is 0.764. The predicted molar refractivity (Wildman–Crippen MR) is 88.1 cm³/mol. The van der Waals surface area contributed by atoms with Gasteiger partial charge in [0.05, 0.1) is 6.04 Å². The summed E-state index contributed by atoms with van der Waals surface area (Å²) >= 11 is 3.37. The van der Waals surface area contributed by atoms with Gasteiger partial charge in [0, 0.05) is 6.07 Å². The van der Waals surface area contributed by atoms with Gasteiger partial charge >= 0.3 is 0 Å². The molecular formula is C17H14BrN3. The Morgan fingerprint density at radius 1 is 0.810 bits per heavy atom. The summed E-state index contributed by atoms with van der Waals surface area (Å²) in [7, 11) is 0. The highest BCUT2D eigenvalue weighted by molar-refractivity contribution is 9.10. The molecule has 0 amide bonds. The van der Waals surface area contributed by atoms with Crippen LogP contribution >= 0.6 is 15.9 Å². The summed E-state index contributed by atoms with van der Waals surface area (Å²) in [5.41, 5.74) is 2.39. The lowest BCUT2D eigenvalue weighted by Gasteiger charge is -2.20. The maximum Gasteiger partial charge on any atom is 0.131 e. The fourth-order valence-corrected chi connectivity index (χ4v) is 2.52. The molecule has 104 valence electrons. The van der Waals surface area contributed by atoms with Crippen molar-refractivity contribution in [3.05, 3.63) is 88.8 Å². The topological polar surface area (TPSA) is 37.8 Å². The van der Waals surface area contributed by atoms with Crippen molar-refractivity contribution < 1.29 is 0 Å². The number of hydrogen-bond acceptors (Lipinski definition) is 3. The SMILES string of the molecule is Brc1cc(NC(c2ccccc2)c2ccccc2)ncn1. The van der Waals surface area contributed by atoms with Gasteiger partial charge in [-0.2, -0.15) is 0 Å². The van der Waals surface area contributed by atoms with Crippen LogP contribution in [0.4, 0.5) is 5.82 Å². The molecule has 21 heavy (non-hydrogen) atoms. The van der Waals surface area contributed by atoms with Crippen LogP contribution in [0.25, 0.3) is 0 Å². The van der Waals surface area contributed by atoms with E-state index in [0.29, 0.717) is 0 Å². The van der Waals surface area contributed by atoms with Gasteiger partial charge in [0.15, 0.2) is 0 Å². The summed E-state index contributed by atoms with van der Waals surface area (Å²) in [6.45, 7) is 0. The Balaban J connectivity index is 1.97. The first kappa shape index (κ1) is 13.8. The molecule has 0 fully saturated rings. The second-order valence-electron chi connectivity index (χ2n) is 4.62. The third-order valence-corrected chi connectivity index (χ3v) is 3.63. The third kappa shape index (κ3) is 3.47. The Morgan fingerprint density at radius 3 is 1.90 bits per heavy atom. The second kappa shape index (κ2) is 6.50. The fraction of sp³-hybridized carbons (Fsp3) is 0.0588. The van der Waals surface area contributed by atoms with Crippen LogP contribution in [0.1, 0.15) is 17.2 Å². The quantitative estimate of drug-likeness (QED) is 0.714. The van der Waals surface area contributed by atoms with Crippen molar-refractivity contribution in [2.24, 2.45) is 0 Å². The molecule has 4 heteroatoms. The predicted octanol–water partition coefficient (Wildman–Crippen LogP) is 4.44. The first-order chi connectivity index (χ1) is 10.3. The molecular weight excluding hydrogens is 326 g/mol. The summed E-state index contributed by atoms with van der Waals surface area (Å²) in [6.07, 6.45) is 1.54. The van der Waals surface area contributed by atoms with Gasteiger partial charge in [0.1, 0.15) is 16.7 Å². The van der Waals surface area contributed by atoms with Crippen molar-refractivity contribution in [2.75, 3.05) is 5.32 Å². The zero-order chi connectivity index (χ0) is 14.5. The molecule has 0 atom stereocenters. The van der Waals surface area contributed by atoms with Crippen molar-refractivity contribution >= 4 is 21.7 Å². The van der Waals surface area contributed by atoms with Gasteiger partial charge in [-0.15, -0.1) is 0 Å². The van der Waals surface area contributed by atoms with E-state index in [-0.39, 0.29) is 6.04 Å². The van der Waals surface area contributed by atoms with Crippen LogP contribution in [0.15, 0.2) is 77.7 Å². The van der Waals surface area contributed by atoms with Crippen molar-refractivity contribution in [2.45, 2.75) is 6.04 Å². The van der Waals surface area contributed by atoms with E-state index >= 15 is 0 Å². The van der Waals surface area contributed by atoms with E-state index < -0.39 is 0 Å². The summed E-state index contributed by atoms with van der Waals surface area (Å²) in [5.74, 6) is 0.787. The molecule has 2 aromatic carbocycles. The van der Waals surface area contributed by atoms with Gasteiger partial charge in [-0.05, 0) is 27.1 Å². The average Bonchev–Trinajstić information content (AvgIpc) is 2.54. The Morgan fingerprint density at radius 2 is 1.38 bits per heavy atom. The molecule has 3 nitrogen and oxygen atoms in total. The monoisotopic (exact) mass is 339 g/mol. The molecule has 0 spiro atoms. The van der Waals surface area contributed by atoms with E-state index in [1.165, 1.54) is 11.1 Å². The van der Waals surface area contributed by atoms with Crippen LogP contribution in [0.3, 0.4) is 0 Å². The van der Waals surface area contributed by atoms with Crippen molar-refractivity contribution in [1.29, 1.82) is 0 Å². The lowest BCUT2D eigenvalue weighted by Crippen LogP contribution is -2.13. The van der Waals surface area contributed by atoms with E-state index in [9.17, 15) is 0 Å². The second-order valence-corrected chi connectivity index (χ2v) is 5.44. The Hall–Kier alpha value is -2.20. The van der Waals surface area contributed by atoms with E-state index in [1.54, 1.807) is 6.33 Å². The lowest BCUT2D eigenvalue weighted by atomic mass is 9.99. The highest BCUT2D eigenvalue weighted by Gasteiger charge is 2.14. The van der Waals surface area contributed by atoms with E-state index in [2.05, 4.69) is 55.5 Å². The average molecular weight is 340 g/mol. The first-order valence-corrected chi connectivity index (χ1v) is 7.46. The molecule has 0 saturated carbocycles. The number of nitrogens with zero attached hydrogens (tertiary/aromatic N) is 2. The summed E-state index contributed by atoms with van der Waals surface area (Å²) in [6, 6.07) is 22.6.